The number of hydrogen-bond donors (Lipinski definition) is 0. The minimum absolute atomic E-state index is 0.192. The molecule has 100 valence electrons. The molecular formula is C15H20N4. The van der Waals surface area contributed by atoms with E-state index in [-0.39, 0.29) is 6.04 Å². The summed E-state index contributed by atoms with van der Waals surface area (Å²) in [6.07, 6.45) is 2.58. The van der Waals surface area contributed by atoms with Crippen molar-refractivity contribution in [2.75, 3.05) is 26.2 Å². The van der Waals surface area contributed by atoms with Crippen LogP contribution in [0.3, 0.4) is 0 Å². The molecule has 2 unspecified atom stereocenters. The van der Waals surface area contributed by atoms with Gasteiger partial charge < -0.3 is 0 Å². The van der Waals surface area contributed by atoms with Gasteiger partial charge >= 0.3 is 0 Å². The maximum absolute atomic E-state index is 9.52. The van der Waals surface area contributed by atoms with Crippen molar-refractivity contribution < 1.29 is 0 Å². The SMILES string of the molecule is Cc1cccc(C(C#N)N2CCN3CCCC3C2)n1. The largest absolute Gasteiger partial charge is 0.298 e. The van der Waals surface area contributed by atoms with Gasteiger partial charge in [0.15, 0.2) is 0 Å². The van der Waals surface area contributed by atoms with Gasteiger partial charge in [0, 0.05) is 31.4 Å². The van der Waals surface area contributed by atoms with Crippen molar-refractivity contribution in [2.45, 2.75) is 31.8 Å². The lowest BCUT2D eigenvalue weighted by Crippen LogP contribution is -2.51. The van der Waals surface area contributed by atoms with Crippen molar-refractivity contribution in [3.05, 3.63) is 29.6 Å². The fraction of sp³-hybridized carbons (Fsp3) is 0.600. The molecule has 2 atom stereocenters. The Balaban J connectivity index is 1.78. The molecule has 1 aromatic rings. The van der Waals surface area contributed by atoms with Crippen molar-refractivity contribution in [3.8, 4) is 6.07 Å². The second-order valence-corrected chi connectivity index (χ2v) is 5.56. The third-order valence-electron chi connectivity index (χ3n) is 4.30. The van der Waals surface area contributed by atoms with E-state index in [1.54, 1.807) is 0 Å². The molecule has 0 amide bonds. The first kappa shape index (κ1) is 12.6. The monoisotopic (exact) mass is 256 g/mol. The van der Waals surface area contributed by atoms with Crippen LogP contribution in [0.25, 0.3) is 0 Å². The van der Waals surface area contributed by atoms with Crippen LogP contribution >= 0.6 is 0 Å². The van der Waals surface area contributed by atoms with E-state index in [2.05, 4.69) is 20.9 Å². The summed E-state index contributed by atoms with van der Waals surface area (Å²) in [5, 5.41) is 9.52. The summed E-state index contributed by atoms with van der Waals surface area (Å²) < 4.78 is 0. The van der Waals surface area contributed by atoms with Crippen molar-refractivity contribution in [1.82, 2.24) is 14.8 Å². The molecule has 0 aliphatic carbocycles. The maximum atomic E-state index is 9.52. The second kappa shape index (κ2) is 5.28. The summed E-state index contributed by atoms with van der Waals surface area (Å²) in [5.74, 6) is 0. The number of fused-ring (bicyclic) bond motifs is 1. The number of aromatic nitrogens is 1. The molecule has 0 spiro atoms. The van der Waals surface area contributed by atoms with Gasteiger partial charge in [0.25, 0.3) is 0 Å². The topological polar surface area (TPSA) is 43.2 Å². The third kappa shape index (κ3) is 2.49. The number of nitrogens with zero attached hydrogens (tertiary/aromatic N) is 4. The first-order valence-electron chi connectivity index (χ1n) is 7.09. The molecule has 0 N–H and O–H groups in total. The minimum atomic E-state index is -0.192. The van der Waals surface area contributed by atoms with E-state index < -0.39 is 0 Å². The Morgan fingerprint density at radius 2 is 2.26 bits per heavy atom. The van der Waals surface area contributed by atoms with Crippen LogP contribution < -0.4 is 0 Å². The van der Waals surface area contributed by atoms with E-state index in [0.29, 0.717) is 6.04 Å². The van der Waals surface area contributed by atoms with Crippen LogP contribution in [0.5, 0.6) is 0 Å². The van der Waals surface area contributed by atoms with Gasteiger partial charge in [-0.15, -0.1) is 0 Å². The fourth-order valence-corrected chi connectivity index (χ4v) is 3.30. The third-order valence-corrected chi connectivity index (χ3v) is 4.30. The van der Waals surface area contributed by atoms with Crippen LogP contribution in [0.15, 0.2) is 18.2 Å². The number of piperazine rings is 1. The van der Waals surface area contributed by atoms with Gasteiger partial charge in [-0.1, -0.05) is 6.07 Å². The molecule has 1 aromatic heterocycles. The highest BCUT2D eigenvalue weighted by Gasteiger charge is 2.34. The lowest BCUT2D eigenvalue weighted by Gasteiger charge is -2.39. The van der Waals surface area contributed by atoms with Crippen LogP contribution in [0.1, 0.15) is 30.3 Å². The van der Waals surface area contributed by atoms with Crippen LogP contribution in [0, 0.1) is 18.3 Å². The molecule has 0 saturated carbocycles. The van der Waals surface area contributed by atoms with Gasteiger partial charge in [-0.25, -0.2) is 0 Å². The Morgan fingerprint density at radius 1 is 1.37 bits per heavy atom. The summed E-state index contributed by atoms with van der Waals surface area (Å²) in [5.41, 5.74) is 1.88. The zero-order valence-corrected chi connectivity index (χ0v) is 11.4. The normalized spacial score (nSPS) is 25.8. The van der Waals surface area contributed by atoms with E-state index in [1.165, 1.54) is 19.4 Å². The number of rotatable bonds is 2. The molecule has 4 nitrogen and oxygen atoms in total. The van der Waals surface area contributed by atoms with Gasteiger partial charge in [-0.2, -0.15) is 5.26 Å². The molecule has 2 aliphatic rings. The highest BCUT2D eigenvalue weighted by molar-refractivity contribution is 5.19. The summed E-state index contributed by atoms with van der Waals surface area (Å²) in [6.45, 7) is 6.29. The average Bonchev–Trinajstić information content (AvgIpc) is 2.87. The molecule has 0 aromatic carbocycles. The van der Waals surface area contributed by atoms with Crippen molar-refractivity contribution in [2.24, 2.45) is 0 Å². The molecule has 19 heavy (non-hydrogen) atoms. The minimum Gasteiger partial charge on any atom is -0.298 e. The Bertz CT molecular complexity index is 493. The quantitative estimate of drug-likeness (QED) is 0.808. The second-order valence-electron chi connectivity index (χ2n) is 5.56. The van der Waals surface area contributed by atoms with Gasteiger partial charge in [-0.05, 0) is 38.4 Å². The Labute approximate surface area is 114 Å². The van der Waals surface area contributed by atoms with Crippen molar-refractivity contribution >= 4 is 0 Å². The van der Waals surface area contributed by atoms with Crippen LogP contribution in [-0.4, -0.2) is 47.0 Å². The standard InChI is InChI=1S/C15H20N4/c1-12-4-2-6-14(17-12)15(10-16)19-9-8-18-7-3-5-13(18)11-19/h2,4,6,13,15H,3,5,7-9,11H2,1H3. The number of nitriles is 1. The zero-order chi connectivity index (χ0) is 13.2. The predicted molar refractivity (Wildman–Crippen MR) is 73.5 cm³/mol. The molecule has 2 aliphatic heterocycles. The Hall–Kier alpha value is -1.44. The molecule has 3 rings (SSSR count). The van der Waals surface area contributed by atoms with E-state index in [0.717, 1.165) is 31.0 Å². The first-order valence-corrected chi connectivity index (χ1v) is 7.09. The number of aryl methyl sites for hydroxylation is 1. The van der Waals surface area contributed by atoms with Crippen molar-refractivity contribution in [3.63, 3.8) is 0 Å². The molecule has 4 heteroatoms. The highest BCUT2D eigenvalue weighted by atomic mass is 15.3. The first-order chi connectivity index (χ1) is 9.28. The molecule has 2 saturated heterocycles. The predicted octanol–water partition coefficient (Wildman–Crippen LogP) is 1.73. The van der Waals surface area contributed by atoms with Gasteiger partial charge in [0.2, 0.25) is 0 Å². The number of hydrogen-bond acceptors (Lipinski definition) is 4. The summed E-state index contributed by atoms with van der Waals surface area (Å²) >= 11 is 0. The maximum Gasteiger partial charge on any atom is 0.141 e. The molecule has 0 bridgehead atoms. The summed E-state index contributed by atoms with van der Waals surface area (Å²) in [7, 11) is 0. The Morgan fingerprint density at radius 3 is 3.05 bits per heavy atom. The summed E-state index contributed by atoms with van der Waals surface area (Å²) in [6, 6.07) is 8.84. The Kier molecular flexibility index (Phi) is 3.50. The van der Waals surface area contributed by atoms with Gasteiger partial charge in [0.1, 0.15) is 6.04 Å². The zero-order valence-electron chi connectivity index (χ0n) is 11.4. The van der Waals surface area contributed by atoms with Crippen molar-refractivity contribution in [1.29, 1.82) is 5.26 Å². The highest BCUT2D eigenvalue weighted by Crippen LogP contribution is 2.27. The molecular weight excluding hydrogens is 236 g/mol. The lowest BCUT2D eigenvalue weighted by atomic mass is 10.1. The molecule has 0 radical (unpaired) electrons. The molecule has 3 heterocycles. The smallest absolute Gasteiger partial charge is 0.141 e. The van der Waals surface area contributed by atoms with E-state index in [4.69, 9.17) is 0 Å². The van der Waals surface area contributed by atoms with Crippen LogP contribution in [-0.2, 0) is 0 Å². The van der Waals surface area contributed by atoms with Gasteiger partial charge in [-0.3, -0.25) is 14.8 Å². The number of pyridine rings is 1. The van der Waals surface area contributed by atoms with E-state index >= 15 is 0 Å². The fourth-order valence-electron chi connectivity index (χ4n) is 3.30. The lowest BCUT2D eigenvalue weighted by molar-refractivity contribution is 0.0864. The average molecular weight is 256 g/mol. The van der Waals surface area contributed by atoms with Gasteiger partial charge in [0.05, 0.1) is 11.8 Å². The summed E-state index contributed by atoms with van der Waals surface area (Å²) in [4.78, 5) is 9.39. The molecule has 2 fully saturated rings. The van der Waals surface area contributed by atoms with E-state index in [9.17, 15) is 5.26 Å². The van der Waals surface area contributed by atoms with Crippen LogP contribution in [0.4, 0.5) is 0 Å². The van der Waals surface area contributed by atoms with Crippen LogP contribution in [0.2, 0.25) is 0 Å². The van der Waals surface area contributed by atoms with E-state index in [1.807, 2.05) is 25.1 Å².